The number of nitrogens with two attached hydrogens (primary N) is 1. The molecule has 0 bridgehead atoms. The van der Waals surface area contributed by atoms with Crippen molar-refractivity contribution in [1.29, 1.82) is 0 Å². The van der Waals surface area contributed by atoms with Crippen molar-refractivity contribution in [3.05, 3.63) is 47.7 Å². The molecule has 1 aliphatic heterocycles. The minimum Gasteiger partial charge on any atom is -0.474 e. The molecule has 1 aromatic carbocycles. The van der Waals surface area contributed by atoms with Gasteiger partial charge in [0.05, 0.1) is 22.6 Å². The summed E-state index contributed by atoms with van der Waals surface area (Å²) < 4.78 is 71.7. The molecule has 0 spiro atoms. The summed E-state index contributed by atoms with van der Waals surface area (Å²) in [7, 11) is -4.24. The number of ether oxygens (including phenoxy) is 1. The Morgan fingerprint density at radius 1 is 1.21 bits per heavy atom. The van der Waals surface area contributed by atoms with Crippen molar-refractivity contribution < 1.29 is 31.1 Å². The maximum atomic E-state index is 13.3. The lowest BCUT2D eigenvalue weighted by Crippen LogP contribution is -2.46. The highest BCUT2D eigenvalue weighted by Crippen LogP contribution is 2.36. The summed E-state index contributed by atoms with van der Waals surface area (Å²) in [5, 5.41) is 0. The zero-order chi connectivity index (χ0) is 25.3. The molecule has 0 saturated carbocycles. The van der Waals surface area contributed by atoms with E-state index in [2.05, 4.69) is 4.98 Å². The fraction of sp³-hybridized carbons (Fsp3) is 0.455. The summed E-state index contributed by atoms with van der Waals surface area (Å²) in [5.74, 6) is -0.337. The molecule has 34 heavy (non-hydrogen) atoms. The van der Waals surface area contributed by atoms with Gasteiger partial charge < -0.3 is 15.4 Å². The second kappa shape index (κ2) is 9.41. The molecular weight excluding hydrogens is 473 g/mol. The van der Waals surface area contributed by atoms with Crippen molar-refractivity contribution in [2.45, 2.75) is 43.8 Å². The number of aromatic nitrogens is 1. The van der Waals surface area contributed by atoms with Gasteiger partial charge in [-0.05, 0) is 64.1 Å². The molecule has 0 unspecified atom stereocenters. The molecule has 0 aliphatic carbocycles. The van der Waals surface area contributed by atoms with E-state index in [0.717, 1.165) is 16.4 Å². The summed E-state index contributed by atoms with van der Waals surface area (Å²) in [6, 6.07) is 4.62. The zero-order valence-electron chi connectivity index (χ0n) is 19.1. The molecule has 1 aliphatic rings. The summed E-state index contributed by atoms with van der Waals surface area (Å²) in [6.07, 6.45) is -2.69. The molecule has 0 fully saturated rings. The van der Waals surface area contributed by atoms with Crippen molar-refractivity contribution in [2.75, 3.05) is 30.5 Å². The van der Waals surface area contributed by atoms with Crippen LogP contribution in [0, 0.1) is 0 Å². The SMILES string of the molecule is CC(C)(C)N(CCCN)C(=O)c1cnc2c(c1)N(S(=O)(=O)c1ccc(C(F)(F)F)cc1)CCO2. The van der Waals surface area contributed by atoms with Crippen LogP contribution in [0.4, 0.5) is 18.9 Å². The van der Waals surface area contributed by atoms with Gasteiger partial charge >= 0.3 is 6.18 Å². The first kappa shape index (κ1) is 25.8. The number of nitrogens with zero attached hydrogens (tertiary/aromatic N) is 3. The third kappa shape index (κ3) is 5.27. The molecule has 2 heterocycles. The number of carbonyl (C=O) groups excluding carboxylic acids is 1. The summed E-state index contributed by atoms with van der Waals surface area (Å²) >= 11 is 0. The molecule has 8 nitrogen and oxygen atoms in total. The Hall–Kier alpha value is -2.86. The number of pyridine rings is 1. The Morgan fingerprint density at radius 2 is 1.85 bits per heavy atom. The number of rotatable bonds is 6. The fourth-order valence-electron chi connectivity index (χ4n) is 3.53. The van der Waals surface area contributed by atoms with Gasteiger partial charge in [-0.2, -0.15) is 13.2 Å². The number of halogens is 3. The van der Waals surface area contributed by atoms with E-state index in [4.69, 9.17) is 10.5 Å². The minimum absolute atomic E-state index is 0.00221. The molecule has 1 aromatic heterocycles. The number of hydrogen-bond donors (Lipinski definition) is 1. The number of fused-ring (bicyclic) bond motifs is 1. The minimum atomic E-state index is -4.59. The molecule has 3 rings (SSSR count). The van der Waals surface area contributed by atoms with Gasteiger partial charge in [0.25, 0.3) is 15.9 Å². The Kier molecular flexibility index (Phi) is 7.13. The molecule has 0 saturated heterocycles. The van der Waals surface area contributed by atoms with E-state index >= 15 is 0 Å². The smallest absolute Gasteiger partial charge is 0.416 e. The van der Waals surface area contributed by atoms with Gasteiger partial charge in [0.15, 0.2) is 0 Å². The number of benzene rings is 1. The van der Waals surface area contributed by atoms with E-state index in [-0.39, 0.29) is 41.1 Å². The van der Waals surface area contributed by atoms with Crippen molar-refractivity contribution in [2.24, 2.45) is 5.73 Å². The van der Waals surface area contributed by atoms with Gasteiger partial charge in [-0.1, -0.05) is 0 Å². The van der Waals surface area contributed by atoms with Gasteiger partial charge in [0.1, 0.15) is 12.3 Å². The number of anilines is 1. The molecule has 12 heteroatoms. The molecule has 1 amide bonds. The van der Waals surface area contributed by atoms with Gasteiger partial charge in [0, 0.05) is 18.3 Å². The number of hydrogen-bond acceptors (Lipinski definition) is 6. The first-order chi connectivity index (χ1) is 15.8. The van der Waals surface area contributed by atoms with Crippen LogP contribution >= 0.6 is 0 Å². The maximum Gasteiger partial charge on any atom is 0.416 e. The maximum absolute atomic E-state index is 13.3. The van der Waals surface area contributed by atoms with E-state index in [9.17, 15) is 26.4 Å². The van der Waals surface area contributed by atoms with Crippen molar-refractivity contribution in [1.82, 2.24) is 9.88 Å². The first-order valence-corrected chi connectivity index (χ1v) is 12.1. The van der Waals surface area contributed by atoms with Crippen LogP contribution in [0.5, 0.6) is 5.88 Å². The van der Waals surface area contributed by atoms with Crippen molar-refractivity contribution in [3.8, 4) is 5.88 Å². The van der Waals surface area contributed by atoms with E-state index in [1.54, 1.807) is 4.90 Å². The van der Waals surface area contributed by atoms with Crippen LogP contribution in [0.1, 0.15) is 43.1 Å². The highest BCUT2D eigenvalue weighted by molar-refractivity contribution is 7.92. The molecule has 0 atom stereocenters. The number of amides is 1. The van der Waals surface area contributed by atoms with Crippen LogP contribution in [0.25, 0.3) is 0 Å². The van der Waals surface area contributed by atoms with Crippen molar-refractivity contribution in [3.63, 3.8) is 0 Å². The molecule has 2 aromatic rings. The Bertz CT molecular complexity index is 1150. The highest BCUT2D eigenvalue weighted by Gasteiger charge is 2.35. The quantitative estimate of drug-likeness (QED) is 0.653. The van der Waals surface area contributed by atoms with Crippen LogP contribution in [0.3, 0.4) is 0 Å². The van der Waals surface area contributed by atoms with Crippen LogP contribution in [-0.4, -0.2) is 56.0 Å². The Balaban J connectivity index is 1.99. The standard InChI is InChI=1S/C22H27F3N4O4S/c1-21(2,3)28(10-4-9-26)20(30)15-13-18-19(27-14-15)33-12-11-29(18)34(31,32)17-7-5-16(6-8-17)22(23,24)25/h5-8,13-14H,4,9-12,26H2,1-3H3. The largest absolute Gasteiger partial charge is 0.474 e. The normalized spacial score (nSPS) is 14.4. The fourth-order valence-corrected chi connectivity index (χ4v) is 4.97. The summed E-state index contributed by atoms with van der Waals surface area (Å²) in [4.78, 5) is 18.7. The monoisotopic (exact) mass is 500 g/mol. The van der Waals surface area contributed by atoms with Crippen molar-refractivity contribution >= 4 is 21.6 Å². The van der Waals surface area contributed by atoms with E-state index in [1.165, 1.54) is 12.3 Å². The van der Waals surface area contributed by atoms with Gasteiger partial charge in [0.2, 0.25) is 5.88 Å². The van der Waals surface area contributed by atoms with Gasteiger partial charge in [-0.3, -0.25) is 9.10 Å². The topological polar surface area (TPSA) is 106 Å². The third-order valence-corrected chi connectivity index (χ3v) is 7.12. The Labute approximate surface area is 196 Å². The van der Waals surface area contributed by atoms with Gasteiger partial charge in [-0.25, -0.2) is 13.4 Å². The lowest BCUT2D eigenvalue weighted by Gasteiger charge is -2.36. The van der Waals surface area contributed by atoms with Crippen LogP contribution in [0.2, 0.25) is 0 Å². The number of carbonyl (C=O) groups is 1. The highest BCUT2D eigenvalue weighted by atomic mass is 32.2. The summed E-state index contributed by atoms with van der Waals surface area (Å²) in [5.41, 5.74) is 4.33. The van der Waals surface area contributed by atoms with E-state index in [1.807, 2.05) is 20.8 Å². The predicted molar refractivity (Wildman–Crippen MR) is 120 cm³/mol. The molecule has 2 N–H and O–H groups in total. The second-order valence-corrected chi connectivity index (χ2v) is 10.6. The molecular formula is C22H27F3N4O4S. The van der Waals surface area contributed by atoms with E-state index in [0.29, 0.717) is 31.6 Å². The molecule has 186 valence electrons. The Morgan fingerprint density at radius 3 is 2.41 bits per heavy atom. The number of alkyl halides is 3. The average Bonchev–Trinajstić information content (AvgIpc) is 2.77. The molecule has 0 radical (unpaired) electrons. The van der Waals surface area contributed by atoms with Crippen LogP contribution in [-0.2, 0) is 16.2 Å². The predicted octanol–water partition coefficient (Wildman–Crippen LogP) is 3.28. The third-order valence-electron chi connectivity index (χ3n) is 5.29. The van der Waals surface area contributed by atoms with E-state index < -0.39 is 27.3 Å². The average molecular weight is 501 g/mol. The second-order valence-electron chi connectivity index (χ2n) is 8.77. The number of sulfonamides is 1. The lowest BCUT2D eigenvalue weighted by molar-refractivity contribution is -0.137. The zero-order valence-corrected chi connectivity index (χ0v) is 19.9. The first-order valence-electron chi connectivity index (χ1n) is 10.6. The van der Waals surface area contributed by atoms with Crippen LogP contribution in [0.15, 0.2) is 41.4 Å². The lowest BCUT2D eigenvalue weighted by atomic mass is 10.0. The van der Waals surface area contributed by atoms with Crippen LogP contribution < -0.4 is 14.8 Å². The van der Waals surface area contributed by atoms with Gasteiger partial charge in [-0.15, -0.1) is 0 Å². The summed E-state index contributed by atoms with van der Waals surface area (Å²) in [6.45, 7) is 6.33.